The lowest BCUT2D eigenvalue weighted by atomic mass is 10.00. The number of aromatic nitrogens is 5. The zero-order valence-electron chi connectivity index (χ0n) is 13.8. The van der Waals surface area contributed by atoms with E-state index in [9.17, 15) is 14.4 Å². The number of fused-ring (bicyclic) bond motifs is 1. The van der Waals surface area contributed by atoms with Gasteiger partial charge in [0.2, 0.25) is 5.95 Å². The van der Waals surface area contributed by atoms with Crippen LogP contribution in [0.3, 0.4) is 0 Å². The predicted molar refractivity (Wildman–Crippen MR) is 86.2 cm³/mol. The zero-order valence-corrected chi connectivity index (χ0v) is 13.8. The molecule has 3 aromatic rings. The van der Waals surface area contributed by atoms with E-state index in [1.807, 2.05) is 33.8 Å². The highest BCUT2D eigenvalue weighted by Crippen LogP contribution is 2.28. The van der Waals surface area contributed by atoms with Crippen molar-refractivity contribution in [3.8, 4) is 17.3 Å². The molecule has 24 heavy (non-hydrogen) atoms. The number of H-pyrrole nitrogens is 1. The minimum Gasteiger partial charge on any atom is -0.295 e. The van der Waals surface area contributed by atoms with Gasteiger partial charge in [-0.3, -0.25) is 14.6 Å². The van der Waals surface area contributed by atoms with Crippen molar-refractivity contribution in [3.63, 3.8) is 0 Å². The Labute approximate surface area is 137 Å². The Morgan fingerprint density at radius 3 is 2.58 bits per heavy atom. The van der Waals surface area contributed by atoms with Gasteiger partial charge in [0, 0.05) is 24.0 Å². The van der Waals surface area contributed by atoms with Crippen LogP contribution in [0.5, 0.6) is 0 Å². The summed E-state index contributed by atoms with van der Waals surface area (Å²) in [5.74, 6) is -0.858. The van der Waals surface area contributed by atoms with Gasteiger partial charge < -0.3 is 0 Å². The summed E-state index contributed by atoms with van der Waals surface area (Å²) in [6.07, 6.45) is 2.95. The monoisotopic (exact) mass is 328 g/mol. The Kier molecular flexibility index (Phi) is 3.72. The van der Waals surface area contributed by atoms with Crippen LogP contribution in [-0.4, -0.2) is 24.4 Å². The number of hydrogen-bond acceptors (Lipinski definition) is 4. The Morgan fingerprint density at radius 2 is 2.04 bits per heavy atom. The van der Waals surface area contributed by atoms with Crippen molar-refractivity contribution in [2.45, 2.75) is 39.7 Å². The van der Waals surface area contributed by atoms with Crippen molar-refractivity contribution in [2.75, 3.05) is 0 Å². The van der Waals surface area contributed by atoms with Gasteiger partial charge >= 0.3 is 0 Å². The summed E-state index contributed by atoms with van der Waals surface area (Å²) in [5.41, 5.74) is 0.829. The fraction of sp³-hybridized carbons (Fsp3) is 0.375. The summed E-state index contributed by atoms with van der Waals surface area (Å²) in [7, 11) is 0. The maximum atomic E-state index is 14.4. The third-order valence-electron chi connectivity index (χ3n) is 3.87. The highest BCUT2D eigenvalue weighted by molar-refractivity contribution is 5.67. The first-order valence-electron chi connectivity index (χ1n) is 7.64. The van der Waals surface area contributed by atoms with E-state index in [-0.39, 0.29) is 40.0 Å². The summed E-state index contributed by atoms with van der Waals surface area (Å²) in [6, 6.07) is 1.95. The van der Waals surface area contributed by atoms with Crippen LogP contribution in [0.4, 0.5) is 4.39 Å². The molecule has 0 amide bonds. The summed E-state index contributed by atoms with van der Waals surface area (Å²) in [6.45, 7) is 7.44. The molecule has 3 aromatic heterocycles. The molecule has 3 heterocycles. The van der Waals surface area contributed by atoms with Gasteiger partial charge in [0.1, 0.15) is 11.6 Å². The van der Waals surface area contributed by atoms with Crippen LogP contribution in [0.25, 0.3) is 16.9 Å². The van der Waals surface area contributed by atoms with Crippen molar-refractivity contribution in [2.24, 2.45) is 0 Å². The van der Waals surface area contributed by atoms with Crippen LogP contribution in [0.15, 0.2) is 17.2 Å². The van der Waals surface area contributed by atoms with Crippen LogP contribution in [-0.2, 0) is 0 Å². The largest absolute Gasteiger partial charge is 0.295 e. The Hall–Kier alpha value is -2.95. The molecule has 0 saturated carbocycles. The first-order chi connectivity index (χ1) is 11.3. The van der Waals surface area contributed by atoms with Crippen molar-refractivity contribution in [1.82, 2.24) is 24.4 Å². The van der Waals surface area contributed by atoms with Gasteiger partial charge in [-0.05, 0) is 19.8 Å². The first kappa shape index (κ1) is 15.9. The lowest BCUT2D eigenvalue weighted by Crippen LogP contribution is -2.22. The smallest absolute Gasteiger partial charge is 0.276 e. The summed E-state index contributed by atoms with van der Waals surface area (Å²) in [5, 5.41) is 15.8. The van der Waals surface area contributed by atoms with Gasteiger partial charge in [0.15, 0.2) is 5.65 Å². The second-order valence-electron chi connectivity index (χ2n) is 6.20. The van der Waals surface area contributed by atoms with E-state index in [2.05, 4.69) is 15.2 Å². The van der Waals surface area contributed by atoms with E-state index in [4.69, 9.17) is 0 Å². The number of rotatable bonds is 3. The Bertz CT molecular complexity index is 1020. The number of nitrogens with one attached hydrogen (secondary N) is 1. The molecular formula is C16H17FN6O. The first-order valence-corrected chi connectivity index (χ1v) is 7.64. The van der Waals surface area contributed by atoms with E-state index in [1.54, 1.807) is 6.20 Å². The van der Waals surface area contributed by atoms with E-state index >= 15 is 0 Å². The molecule has 0 fully saturated rings. The fourth-order valence-corrected chi connectivity index (χ4v) is 2.63. The summed E-state index contributed by atoms with van der Waals surface area (Å²) < 4.78 is 17.1. The standard InChI is InChI=1S/C16H17FN6O/c1-8(2)12-13(11-7-22(9(3)4)21-14(11)17)20-15-10(5-18)6-19-23(15)16(12)24/h6-9,19H,1-4H3. The lowest BCUT2D eigenvalue weighted by Gasteiger charge is -2.10. The van der Waals surface area contributed by atoms with Gasteiger partial charge in [-0.2, -0.15) is 9.65 Å². The fourth-order valence-electron chi connectivity index (χ4n) is 2.63. The number of nitriles is 1. The number of hydrogen-bond donors (Lipinski definition) is 1. The number of halogens is 1. The van der Waals surface area contributed by atoms with Gasteiger partial charge in [0.05, 0.1) is 11.3 Å². The highest BCUT2D eigenvalue weighted by atomic mass is 19.1. The van der Waals surface area contributed by atoms with Gasteiger partial charge in [-0.15, -0.1) is 5.10 Å². The Balaban J connectivity index is 2.40. The normalized spacial score (nSPS) is 11.6. The van der Waals surface area contributed by atoms with E-state index < -0.39 is 5.95 Å². The van der Waals surface area contributed by atoms with Crippen LogP contribution in [0.2, 0.25) is 0 Å². The van der Waals surface area contributed by atoms with Gasteiger partial charge in [-0.25, -0.2) is 9.50 Å². The molecule has 0 unspecified atom stereocenters. The molecule has 3 rings (SSSR count). The molecule has 0 aromatic carbocycles. The van der Waals surface area contributed by atoms with Crippen molar-refractivity contribution >= 4 is 5.65 Å². The molecular weight excluding hydrogens is 311 g/mol. The van der Waals surface area contributed by atoms with Crippen molar-refractivity contribution in [3.05, 3.63) is 39.8 Å². The van der Waals surface area contributed by atoms with Crippen LogP contribution in [0.1, 0.15) is 50.8 Å². The quantitative estimate of drug-likeness (QED) is 0.800. The molecule has 8 heteroatoms. The van der Waals surface area contributed by atoms with Crippen molar-refractivity contribution < 1.29 is 4.39 Å². The minimum atomic E-state index is -0.684. The molecule has 0 bridgehead atoms. The van der Waals surface area contributed by atoms with E-state index in [0.717, 1.165) is 0 Å². The average molecular weight is 328 g/mol. The molecule has 124 valence electrons. The molecule has 0 aliphatic heterocycles. The van der Waals surface area contributed by atoms with Crippen LogP contribution >= 0.6 is 0 Å². The SMILES string of the molecule is CC(C)c1c(-c2cn(C(C)C)nc2F)nc2c(C#N)c[nH]n2c1=O. The number of aromatic amines is 1. The zero-order chi connectivity index (χ0) is 17.6. The maximum Gasteiger partial charge on any atom is 0.276 e. The summed E-state index contributed by atoms with van der Waals surface area (Å²) in [4.78, 5) is 17.2. The van der Waals surface area contributed by atoms with Crippen LogP contribution in [0, 0.1) is 17.3 Å². The topological polar surface area (TPSA) is 91.8 Å². The van der Waals surface area contributed by atoms with Gasteiger partial charge in [0.25, 0.3) is 5.56 Å². The highest BCUT2D eigenvalue weighted by Gasteiger charge is 2.24. The number of nitrogens with zero attached hydrogens (tertiary/aromatic N) is 5. The van der Waals surface area contributed by atoms with Crippen molar-refractivity contribution in [1.29, 1.82) is 5.26 Å². The van der Waals surface area contributed by atoms with Crippen LogP contribution < -0.4 is 5.56 Å². The Morgan fingerprint density at radius 1 is 1.33 bits per heavy atom. The van der Waals surface area contributed by atoms with E-state index in [0.29, 0.717) is 5.56 Å². The molecule has 0 radical (unpaired) electrons. The average Bonchev–Trinajstić information content (AvgIpc) is 3.10. The van der Waals surface area contributed by atoms with E-state index in [1.165, 1.54) is 15.4 Å². The predicted octanol–water partition coefficient (Wildman–Crippen LogP) is 2.60. The molecule has 0 aliphatic carbocycles. The molecule has 1 N–H and O–H groups in total. The molecule has 0 spiro atoms. The van der Waals surface area contributed by atoms with Gasteiger partial charge in [-0.1, -0.05) is 13.8 Å². The third kappa shape index (κ3) is 2.29. The second-order valence-corrected chi connectivity index (χ2v) is 6.20. The maximum absolute atomic E-state index is 14.4. The molecule has 7 nitrogen and oxygen atoms in total. The lowest BCUT2D eigenvalue weighted by molar-refractivity contribution is 0.482. The minimum absolute atomic E-state index is 0.0255. The molecule has 0 saturated heterocycles. The molecule has 0 aliphatic rings. The molecule has 0 atom stereocenters. The summed E-state index contributed by atoms with van der Waals surface area (Å²) >= 11 is 0. The third-order valence-corrected chi connectivity index (χ3v) is 3.87. The second kappa shape index (κ2) is 5.60.